The molecule has 3 aromatic rings. The topological polar surface area (TPSA) is 98.1 Å². The van der Waals surface area contributed by atoms with Gasteiger partial charge < -0.3 is 24.4 Å². The number of aromatic nitrogens is 1. The van der Waals surface area contributed by atoms with Crippen LogP contribution in [0.25, 0.3) is 11.1 Å². The largest absolute Gasteiger partial charge is 0.486 e. The van der Waals surface area contributed by atoms with Crippen LogP contribution >= 0.6 is 0 Å². The first-order valence-electron chi connectivity index (χ1n) is 11.5. The van der Waals surface area contributed by atoms with Crippen LogP contribution in [0.3, 0.4) is 0 Å². The molecular weight excluding hydrogens is 434 g/mol. The van der Waals surface area contributed by atoms with Crippen LogP contribution in [0.4, 0.5) is 0 Å². The third kappa shape index (κ3) is 5.55. The van der Waals surface area contributed by atoms with E-state index in [1.54, 1.807) is 6.20 Å². The molecule has 1 aromatic heterocycles. The lowest BCUT2D eigenvalue weighted by molar-refractivity contribution is -0.140. The minimum atomic E-state index is -0.889. The Labute approximate surface area is 198 Å². The molecule has 0 saturated heterocycles. The molecule has 1 heterocycles. The molecule has 0 unspecified atom stereocenters. The van der Waals surface area contributed by atoms with Crippen LogP contribution in [0.2, 0.25) is 0 Å². The van der Waals surface area contributed by atoms with E-state index in [0.717, 1.165) is 35.3 Å². The maximum Gasteiger partial charge on any atom is 0.306 e. The second-order valence-electron chi connectivity index (χ2n) is 8.09. The number of ether oxygens (including phenoxy) is 3. The van der Waals surface area contributed by atoms with Crippen molar-refractivity contribution in [1.29, 1.82) is 0 Å². The summed E-state index contributed by atoms with van der Waals surface area (Å²) in [6.45, 7) is 2.48. The lowest BCUT2D eigenvalue weighted by Crippen LogP contribution is -2.10. The van der Waals surface area contributed by atoms with Gasteiger partial charge in [-0.25, -0.2) is 4.98 Å². The minimum absolute atomic E-state index is 0.0465. The molecule has 34 heavy (non-hydrogen) atoms. The van der Waals surface area contributed by atoms with Gasteiger partial charge in [0.2, 0.25) is 5.88 Å². The van der Waals surface area contributed by atoms with E-state index in [1.807, 2.05) is 49.4 Å². The Balaban J connectivity index is 1.48. The molecule has 0 fully saturated rings. The fraction of sp³-hybridized carbons (Fsp3) is 0.333. The van der Waals surface area contributed by atoms with Gasteiger partial charge in [0.05, 0.1) is 19.1 Å². The number of benzene rings is 2. The molecular formula is C27H29NO6. The van der Waals surface area contributed by atoms with Crippen molar-refractivity contribution < 1.29 is 29.2 Å². The van der Waals surface area contributed by atoms with Crippen LogP contribution in [0.5, 0.6) is 11.6 Å². The maximum absolute atomic E-state index is 11.1. The number of carboxylic acids is 1. The number of carboxylic acid groups (broad SMARTS) is 1. The Kier molecular flexibility index (Phi) is 7.77. The molecule has 4 rings (SSSR count). The summed E-state index contributed by atoms with van der Waals surface area (Å²) >= 11 is 0. The van der Waals surface area contributed by atoms with Gasteiger partial charge in [0.15, 0.2) is 0 Å². The first-order valence-corrected chi connectivity index (χ1v) is 11.5. The number of aliphatic hydroxyl groups excluding tert-OH is 1. The fourth-order valence-electron chi connectivity index (χ4n) is 4.34. The minimum Gasteiger partial charge on any atom is -0.486 e. The summed E-state index contributed by atoms with van der Waals surface area (Å²) in [5, 5.41) is 18.0. The molecule has 1 aliphatic rings. The zero-order valence-electron chi connectivity index (χ0n) is 19.1. The highest BCUT2D eigenvalue weighted by molar-refractivity contribution is 5.69. The molecule has 0 amide bonds. The third-order valence-electron chi connectivity index (χ3n) is 5.86. The lowest BCUT2D eigenvalue weighted by atomic mass is 9.98. The molecule has 0 bridgehead atoms. The van der Waals surface area contributed by atoms with Crippen LogP contribution in [0, 0.1) is 0 Å². The summed E-state index contributed by atoms with van der Waals surface area (Å²) in [5.41, 5.74) is 5.39. The van der Waals surface area contributed by atoms with Crippen LogP contribution < -0.4 is 9.47 Å². The fourth-order valence-corrected chi connectivity index (χ4v) is 4.34. The smallest absolute Gasteiger partial charge is 0.306 e. The van der Waals surface area contributed by atoms with Crippen molar-refractivity contribution in [2.24, 2.45) is 0 Å². The zero-order valence-corrected chi connectivity index (χ0v) is 19.1. The van der Waals surface area contributed by atoms with Crippen LogP contribution in [-0.4, -0.2) is 41.0 Å². The van der Waals surface area contributed by atoms with Crippen molar-refractivity contribution in [3.8, 4) is 22.8 Å². The number of aliphatic carboxylic acids is 1. The van der Waals surface area contributed by atoms with E-state index in [9.17, 15) is 4.79 Å². The van der Waals surface area contributed by atoms with Gasteiger partial charge in [-0.15, -0.1) is 0 Å². The standard InChI is InChI=1S/C27H29NO6/c1-2-32-25(16-27(30)31)18-6-9-20(10-7-18)34-24-12-11-22-21(4-3-5-23(22)24)19-8-13-26(28-17-19)33-15-14-29/h3-10,13,17,24-25,29H,2,11-12,14-16H2,1H3,(H,30,31)/t24-,25+/m1/s1. The van der Waals surface area contributed by atoms with Gasteiger partial charge in [0.25, 0.3) is 0 Å². The maximum atomic E-state index is 11.1. The van der Waals surface area contributed by atoms with Gasteiger partial charge in [-0.3, -0.25) is 4.79 Å². The average Bonchev–Trinajstić information content (AvgIpc) is 3.26. The van der Waals surface area contributed by atoms with Crippen LogP contribution in [0.15, 0.2) is 60.8 Å². The molecule has 2 atom stereocenters. The number of fused-ring (bicyclic) bond motifs is 1. The molecule has 178 valence electrons. The highest BCUT2D eigenvalue weighted by Gasteiger charge is 2.27. The second kappa shape index (κ2) is 11.1. The van der Waals surface area contributed by atoms with E-state index in [4.69, 9.17) is 24.4 Å². The Morgan fingerprint density at radius 1 is 1.15 bits per heavy atom. The van der Waals surface area contributed by atoms with E-state index in [2.05, 4.69) is 17.1 Å². The first kappa shape index (κ1) is 23.7. The highest BCUT2D eigenvalue weighted by atomic mass is 16.5. The van der Waals surface area contributed by atoms with E-state index >= 15 is 0 Å². The summed E-state index contributed by atoms with van der Waals surface area (Å²) in [6.07, 6.45) is 2.97. The molecule has 1 aliphatic carbocycles. The Hall–Kier alpha value is -3.42. The number of rotatable bonds is 11. The quantitative estimate of drug-likeness (QED) is 0.424. The number of pyridine rings is 1. The summed E-state index contributed by atoms with van der Waals surface area (Å²) in [7, 11) is 0. The van der Waals surface area contributed by atoms with Gasteiger partial charge >= 0.3 is 5.97 Å². The summed E-state index contributed by atoms with van der Waals surface area (Å²) in [4.78, 5) is 15.5. The summed E-state index contributed by atoms with van der Waals surface area (Å²) in [6, 6.07) is 17.5. The molecule has 0 saturated carbocycles. The van der Waals surface area contributed by atoms with Crippen molar-refractivity contribution in [3.63, 3.8) is 0 Å². The highest BCUT2D eigenvalue weighted by Crippen LogP contribution is 2.40. The van der Waals surface area contributed by atoms with E-state index < -0.39 is 12.1 Å². The number of hydrogen-bond donors (Lipinski definition) is 2. The van der Waals surface area contributed by atoms with Crippen molar-refractivity contribution in [2.45, 2.75) is 38.4 Å². The lowest BCUT2D eigenvalue weighted by Gasteiger charge is -2.18. The van der Waals surface area contributed by atoms with Crippen molar-refractivity contribution >= 4 is 5.97 Å². The molecule has 0 radical (unpaired) electrons. The van der Waals surface area contributed by atoms with Crippen molar-refractivity contribution in [2.75, 3.05) is 19.8 Å². The zero-order chi connectivity index (χ0) is 23.9. The molecule has 7 nitrogen and oxygen atoms in total. The van der Waals surface area contributed by atoms with E-state index in [0.29, 0.717) is 12.5 Å². The predicted molar refractivity (Wildman–Crippen MR) is 127 cm³/mol. The van der Waals surface area contributed by atoms with E-state index in [1.165, 1.54) is 11.1 Å². The monoisotopic (exact) mass is 463 g/mol. The van der Waals surface area contributed by atoms with Gasteiger partial charge in [0.1, 0.15) is 18.5 Å². The van der Waals surface area contributed by atoms with Crippen LogP contribution in [0.1, 0.15) is 48.7 Å². The van der Waals surface area contributed by atoms with Crippen molar-refractivity contribution in [3.05, 3.63) is 77.5 Å². The summed E-state index contributed by atoms with van der Waals surface area (Å²) < 4.78 is 17.3. The van der Waals surface area contributed by atoms with Gasteiger partial charge in [-0.1, -0.05) is 30.3 Å². The normalized spacial score (nSPS) is 15.5. The third-order valence-corrected chi connectivity index (χ3v) is 5.86. The number of hydrogen-bond acceptors (Lipinski definition) is 6. The molecule has 0 aliphatic heterocycles. The molecule has 2 N–H and O–H groups in total. The average molecular weight is 464 g/mol. The predicted octanol–water partition coefficient (Wildman–Crippen LogP) is 4.74. The number of aliphatic hydroxyl groups is 1. The van der Waals surface area contributed by atoms with Gasteiger partial charge in [0, 0.05) is 24.4 Å². The summed E-state index contributed by atoms with van der Waals surface area (Å²) in [5.74, 6) is 0.342. The first-order chi connectivity index (χ1) is 16.6. The van der Waals surface area contributed by atoms with Crippen molar-refractivity contribution in [1.82, 2.24) is 4.98 Å². The molecule has 0 spiro atoms. The SMILES string of the molecule is CCO[C@@H](CC(=O)O)c1ccc(O[C@@H]2CCc3c(-c4ccc(OCCO)nc4)cccc32)cc1. The van der Waals surface area contributed by atoms with Gasteiger partial charge in [-0.05, 0) is 60.2 Å². The van der Waals surface area contributed by atoms with Gasteiger partial charge in [-0.2, -0.15) is 0 Å². The van der Waals surface area contributed by atoms with E-state index in [-0.39, 0.29) is 25.7 Å². The Bertz CT molecular complexity index is 1100. The molecule has 2 aromatic carbocycles. The Morgan fingerprint density at radius 3 is 2.65 bits per heavy atom. The molecule has 7 heteroatoms. The van der Waals surface area contributed by atoms with Crippen LogP contribution in [-0.2, 0) is 16.0 Å². The number of nitrogens with zero attached hydrogens (tertiary/aromatic N) is 1. The number of carbonyl (C=O) groups is 1. The second-order valence-corrected chi connectivity index (χ2v) is 8.09. The Morgan fingerprint density at radius 2 is 1.97 bits per heavy atom.